The summed E-state index contributed by atoms with van der Waals surface area (Å²) < 4.78 is 2.49. The van der Waals surface area contributed by atoms with Crippen LogP contribution in [0.15, 0.2) is 96.7 Å². The van der Waals surface area contributed by atoms with Crippen LogP contribution in [0.2, 0.25) is 0 Å². The summed E-state index contributed by atoms with van der Waals surface area (Å²) in [5.74, 6) is -1.50. The van der Waals surface area contributed by atoms with Gasteiger partial charge >= 0.3 is 11.9 Å². The quantitative estimate of drug-likeness (QED) is 0.0841. The van der Waals surface area contributed by atoms with Gasteiger partial charge in [0, 0.05) is 47.3 Å². The zero-order chi connectivity index (χ0) is 37.8. The number of carbonyl (C=O) groups is 2. The normalized spacial score (nSPS) is 17.3. The van der Waals surface area contributed by atoms with Crippen LogP contribution in [0.5, 0.6) is 0 Å². The van der Waals surface area contributed by atoms with Crippen molar-refractivity contribution in [2.24, 2.45) is 0 Å². The fourth-order valence-corrected chi connectivity index (χ4v) is 9.01. The molecule has 0 aliphatic carbocycles. The molecule has 2 aliphatic rings. The minimum Gasteiger partial charge on any atom is -0.481 e. The number of carboxylic acid groups (broad SMARTS) is 2. The molecule has 0 bridgehead atoms. The Bertz CT molecular complexity index is 2090. The highest BCUT2D eigenvalue weighted by Gasteiger charge is 2.47. The molecule has 4 aromatic rings. The molecule has 2 heterocycles. The van der Waals surface area contributed by atoms with E-state index in [0.717, 1.165) is 81.1 Å². The largest absolute Gasteiger partial charge is 0.481 e. The lowest BCUT2D eigenvalue weighted by Gasteiger charge is -2.32. The van der Waals surface area contributed by atoms with Crippen molar-refractivity contribution in [1.82, 2.24) is 0 Å². The molecule has 0 spiro atoms. The molecule has 2 N–H and O–H groups in total. The minimum atomic E-state index is -0.782. The predicted molar refractivity (Wildman–Crippen MR) is 219 cm³/mol. The molecule has 0 aromatic heterocycles. The van der Waals surface area contributed by atoms with Gasteiger partial charge in [-0.25, -0.2) is 4.79 Å². The zero-order valence-electron chi connectivity index (χ0n) is 32.3. The number of nitrogens with zero attached hydrogens (tertiary/aromatic N) is 2. The molecule has 2 aliphatic heterocycles. The lowest BCUT2D eigenvalue weighted by atomic mass is 9.79. The second-order valence-corrected chi connectivity index (χ2v) is 16.0. The number of hydrogen-bond donors (Lipinski definition) is 2. The number of unbranched alkanes of at least 4 members (excludes halogenated alkanes) is 7. The summed E-state index contributed by atoms with van der Waals surface area (Å²) in [5.41, 5.74) is 6.31. The summed E-state index contributed by atoms with van der Waals surface area (Å²) in [7, 11) is 0. The fourth-order valence-electron chi connectivity index (χ4n) is 9.01. The summed E-state index contributed by atoms with van der Waals surface area (Å²) in [6.07, 6.45) is 16.3. The van der Waals surface area contributed by atoms with E-state index in [4.69, 9.17) is 5.11 Å². The molecule has 4 aromatic carbocycles. The molecule has 6 nitrogen and oxygen atoms in total. The Hall–Kier alpha value is -4.71. The molecule has 53 heavy (non-hydrogen) atoms. The van der Waals surface area contributed by atoms with Gasteiger partial charge in [0.15, 0.2) is 5.71 Å². The third-order valence-corrected chi connectivity index (χ3v) is 11.7. The van der Waals surface area contributed by atoms with Gasteiger partial charge in [0.1, 0.15) is 12.6 Å². The Balaban J connectivity index is 1.40. The first-order valence-electron chi connectivity index (χ1n) is 19.8. The van der Waals surface area contributed by atoms with E-state index in [-0.39, 0.29) is 11.8 Å². The second-order valence-electron chi connectivity index (χ2n) is 16.0. The SMILES string of the molecule is CCCCCCC(C(=O)O)N1/C(=C\C=C\C2=[N+](CCCCCCCC(=O)O)c3ccc4ccccc4c3C2(C)C)C(C)(C)c2c1ccc1ccccc21. The van der Waals surface area contributed by atoms with Gasteiger partial charge < -0.3 is 15.1 Å². The van der Waals surface area contributed by atoms with E-state index in [1.807, 2.05) is 0 Å². The first-order chi connectivity index (χ1) is 25.5. The van der Waals surface area contributed by atoms with E-state index in [1.54, 1.807) is 0 Å². The third kappa shape index (κ3) is 7.56. The van der Waals surface area contributed by atoms with E-state index in [1.165, 1.54) is 38.7 Å². The molecule has 0 radical (unpaired) electrons. The number of anilines is 1. The number of rotatable bonds is 17. The monoisotopic (exact) mass is 713 g/mol. The molecule has 0 amide bonds. The average molecular weight is 714 g/mol. The number of carboxylic acids is 2. The van der Waals surface area contributed by atoms with Gasteiger partial charge in [0.2, 0.25) is 5.69 Å². The molecule has 6 rings (SSSR count). The van der Waals surface area contributed by atoms with Crippen LogP contribution in [0.4, 0.5) is 11.4 Å². The van der Waals surface area contributed by atoms with Crippen molar-refractivity contribution in [3.05, 3.63) is 108 Å². The Morgan fingerprint density at radius 1 is 0.736 bits per heavy atom. The summed E-state index contributed by atoms with van der Waals surface area (Å²) in [6, 6.07) is 25.2. The third-order valence-electron chi connectivity index (χ3n) is 11.7. The molecule has 1 atom stereocenters. The lowest BCUT2D eigenvalue weighted by molar-refractivity contribution is -0.438. The lowest BCUT2D eigenvalue weighted by Crippen LogP contribution is -2.41. The number of allylic oxidation sites excluding steroid dienone is 4. The molecule has 0 saturated carbocycles. The molecule has 0 fully saturated rings. The summed E-state index contributed by atoms with van der Waals surface area (Å²) >= 11 is 0. The predicted octanol–water partition coefficient (Wildman–Crippen LogP) is 11.5. The van der Waals surface area contributed by atoms with Crippen molar-refractivity contribution in [3.63, 3.8) is 0 Å². The van der Waals surface area contributed by atoms with Crippen molar-refractivity contribution in [2.75, 3.05) is 11.4 Å². The number of aliphatic carboxylic acids is 2. The molecular weight excluding hydrogens is 657 g/mol. The van der Waals surface area contributed by atoms with E-state index >= 15 is 0 Å². The van der Waals surface area contributed by atoms with Gasteiger partial charge in [-0.05, 0) is 78.4 Å². The van der Waals surface area contributed by atoms with E-state index in [0.29, 0.717) is 6.42 Å². The summed E-state index contributed by atoms with van der Waals surface area (Å²) in [4.78, 5) is 26.2. The van der Waals surface area contributed by atoms with Crippen LogP contribution in [0.3, 0.4) is 0 Å². The van der Waals surface area contributed by atoms with Gasteiger partial charge in [-0.1, -0.05) is 120 Å². The van der Waals surface area contributed by atoms with Gasteiger partial charge in [-0.3, -0.25) is 4.79 Å². The highest BCUT2D eigenvalue weighted by Crippen LogP contribution is 2.52. The van der Waals surface area contributed by atoms with Crippen LogP contribution in [0.25, 0.3) is 21.5 Å². The van der Waals surface area contributed by atoms with E-state index in [2.05, 4.69) is 135 Å². The Labute approximate surface area is 315 Å². The Morgan fingerprint density at radius 2 is 1.36 bits per heavy atom. The van der Waals surface area contributed by atoms with Gasteiger partial charge in [0.25, 0.3) is 0 Å². The average Bonchev–Trinajstić information content (AvgIpc) is 3.49. The number of benzene rings is 4. The van der Waals surface area contributed by atoms with Crippen LogP contribution in [-0.2, 0) is 20.4 Å². The van der Waals surface area contributed by atoms with E-state index in [9.17, 15) is 14.7 Å². The fraction of sp³-hybridized carbons (Fsp3) is 0.426. The van der Waals surface area contributed by atoms with Crippen LogP contribution in [0, 0.1) is 0 Å². The minimum absolute atomic E-state index is 0.237. The first kappa shape index (κ1) is 38.0. The van der Waals surface area contributed by atoms with Crippen molar-refractivity contribution < 1.29 is 24.4 Å². The molecule has 278 valence electrons. The zero-order valence-corrected chi connectivity index (χ0v) is 32.3. The van der Waals surface area contributed by atoms with Crippen LogP contribution >= 0.6 is 0 Å². The number of fused-ring (bicyclic) bond motifs is 6. The smallest absolute Gasteiger partial charge is 0.326 e. The second kappa shape index (κ2) is 16.1. The standard InChI is InChI=1S/C47H56N2O4/c1-6-7-8-12-24-39(45(52)53)49-38-31-29-34-21-15-17-23-36(34)44(38)47(4,5)41(49)26-19-25-40-46(2,3)43-35-22-16-14-20-33(35)28-30-37(43)48(40)32-18-11-9-10-13-27-42(50)51/h14-17,19-23,25-26,28-31,39H,6-13,18,24,27,32H2,1-5H3,(H-,50,51,52,53)/p+1. The summed E-state index contributed by atoms with van der Waals surface area (Å²) in [5, 5.41) is 24.6. The highest BCUT2D eigenvalue weighted by atomic mass is 16.4. The van der Waals surface area contributed by atoms with Crippen LogP contribution in [0.1, 0.15) is 116 Å². The van der Waals surface area contributed by atoms with E-state index < -0.39 is 23.4 Å². The summed E-state index contributed by atoms with van der Waals surface area (Å²) in [6.45, 7) is 12.2. The van der Waals surface area contributed by atoms with Crippen molar-refractivity contribution in [1.29, 1.82) is 0 Å². The maximum absolute atomic E-state index is 13.1. The molecule has 1 unspecified atom stereocenters. The topological polar surface area (TPSA) is 80.8 Å². The highest BCUT2D eigenvalue weighted by molar-refractivity contribution is 6.08. The Morgan fingerprint density at radius 3 is 2.04 bits per heavy atom. The Kier molecular flexibility index (Phi) is 11.6. The number of hydrogen-bond acceptors (Lipinski definition) is 3. The first-order valence-corrected chi connectivity index (χ1v) is 19.8. The molecule has 6 heteroatoms. The van der Waals surface area contributed by atoms with Gasteiger partial charge in [-0.2, -0.15) is 4.58 Å². The maximum atomic E-state index is 13.1. The molecule has 0 saturated heterocycles. The van der Waals surface area contributed by atoms with Crippen molar-refractivity contribution in [2.45, 2.75) is 122 Å². The van der Waals surface area contributed by atoms with Crippen molar-refractivity contribution >= 4 is 50.6 Å². The van der Waals surface area contributed by atoms with Crippen LogP contribution in [-0.4, -0.2) is 45.0 Å². The van der Waals surface area contributed by atoms with Gasteiger partial charge in [0.05, 0.1) is 5.41 Å². The maximum Gasteiger partial charge on any atom is 0.326 e. The van der Waals surface area contributed by atoms with Crippen molar-refractivity contribution in [3.8, 4) is 0 Å². The van der Waals surface area contributed by atoms with Gasteiger partial charge in [-0.15, -0.1) is 0 Å². The van der Waals surface area contributed by atoms with Crippen LogP contribution < -0.4 is 4.90 Å². The molecular formula is C47H57N2O4+.